The quantitative estimate of drug-likeness (QED) is 0.757. The molecule has 1 saturated heterocycles. The van der Waals surface area contributed by atoms with Crippen LogP contribution in [0.2, 0.25) is 0 Å². The molecule has 1 aliphatic carbocycles. The molecule has 3 rings (SSSR count). The van der Waals surface area contributed by atoms with Gasteiger partial charge in [-0.1, -0.05) is 21.6 Å². The van der Waals surface area contributed by atoms with E-state index in [-0.39, 0.29) is 24.4 Å². The zero-order valence-electron chi connectivity index (χ0n) is 14.2. The molecule has 1 N–H and O–H groups in total. The van der Waals surface area contributed by atoms with E-state index in [4.69, 9.17) is 9.47 Å². The van der Waals surface area contributed by atoms with E-state index in [0.717, 1.165) is 35.5 Å². The normalized spacial score (nSPS) is 19.5. The van der Waals surface area contributed by atoms with Crippen molar-refractivity contribution < 1.29 is 24.2 Å². The zero-order chi connectivity index (χ0) is 18.0. The minimum absolute atomic E-state index is 0.0625. The highest BCUT2D eigenvalue weighted by molar-refractivity contribution is 8.77. The Bertz CT molecular complexity index is 675. The number of carboxylic acids is 1. The lowest BCUT2D eigenvalue weighted by Gasteiger charge is -2.30. The molecule has 8 heteroatoms. The van der Waals surface area contributed by atoms with Crippen molar-refractivity contribution in [1.82, 2.24) is 4.90 Å². The molecule has 1 aromatic carbocycles. The topological polar surface area (TPSA) is 76.1 Å². The number of methoxy groups -OCH3 is 2. The Balaban J connectivity index is 1.93. The molecule has 1 aliphatic heterocycles. The standard InChI is InChI=1S/C17H21NO5S2/c1-22-14-5-10-3-4-13(12(10)6-15(14)23-2)18(7-16(19)20)17(21)11-8-24-25-9-11/h5-6,11,13H,3-4,7-9H2,1-2H3,(H,19,20). The van der Waals surface area contributed by atoms with Crippen LogP contribution in [0.15, 0.2) is 12.1 Å². The van der Waals surface area contributed by atoms with Gasteiger partial charge in [-0.2, -0.15) is 0 Å². The maximum absolute atomic E-state index is 12.9. The van der Waals surface area contributed by atoms with E-state index in [0.29, 0.717) is 11.5 Å². The molecule has 1 aromatic rings. The number of carbonyl (C=O) groups excluding carboxylic acids is 1. The Hall–Kier alpha value is -1.54. The van der Waals surface area contributed by atoms with Crippen molar-refractivity contribution in [2.24, 2.45) is 5.92 Å². The van der Waals surface area contributed by atoms with Crippen LogP contribution in [0.25, 0.3) is 0 Å². The molecule has 2 aliphatic rings. The molecule has 0 radical (unpaired) electrons. The van der Waals surface area contributed by atoms with Crippen LogP contribution in [0.1, 0.15) is 23.6 Å². The van der Waals surface area contributed by atoms with Gasteiger partial charge in [0, 0.05) is 11.5 Å². The van der Waals surface area contributed by atoms with Crippen LogP contribution in [-0.2, 0) is 16.0 Å². The molecule has 0 spiro atoms. The average molecular weight is 383 g/mol. The molecule has 136 valence electrons. The van der Waals surface area contributed by atoms with Crippen LogP contribution in [0, 0.1) is 5.92 Å². The molecular weight excluding hydrogens is 362 g/mol. The van der Waals surface area contributed by atoms with Crippen LogP contribution in [0.4, 0.5) is 0 Å². The number of benzene rings is 1. The lowest BCUT2D eigenvalue weighted by Crippen LogP contribution is -2.42. The number of nitrogens with zero attached hydrogens (tertiary/aromatic N) is 1. The lowest BCUT2D eigenvalue weighted by molar-refractivity contribution is -0.147. The summed E-state index contributed by atoms with van der Waals surface area (Å²) in [6, 6.07) is 3.58. The van der Waals surface area contributed by atoms with Gasteiger partial charge in [0.05, 0.1) is 26.2 Å². The molecule has 25 heavy (non-hydrogen) atoms. The van der Waals surface area contributed by atoms with Crippen LogP contribution in [0.5, 0.6) is 11.5 Å². The van der Waals surface area contributed by atoms with Crippen molar-refractivity contribution in [3.8, 4) is 11.5 Å². The Kier molecular flexibility index (Phi) is 5.68. The summed E-state index contributed by atoms with van der Waals surface area (Å²) in [5.41, 5.74) is 2.05. The monoisotopic (exact) mass is 383 g/mol. The number of amides is 1. The predicted octanol–water partition coefficient (Wildman–Crippen LogP) is 2.62. The van der Waals surface area contributed by atoms with Crippen molar-refractivity contribution >= 4 is 33.5 Å². The lowest BCUT2D eigenvalue weighted by atomic mass is 10.0. The zero-order valence-corrected chi connectivity index (χ0v) is 15.8. The minimum atomic E-state index is -0.986. The van der Waals surface area contributed by atoms with Crippen molar-refractivity contribution in [3.63, 3.8) is 0 Å². The van der Waals surface area contributed by atoms with Gasteiger partial charge in [0.15, 0.2) is 11.5 Å². The summed E-state index contributed by atoms with van der Waals surface area (Å²) in [5.74, 6) is 1.58. The Morgan fingerprint density at radius 2 is 1.84 bits per heavy atom. The van der Waals surface area contributed by atoms with Gasteiger partial charge >= 0.3 is 5.97 Å². The van der Waals surface area contributed by atoms with Crippen molar-refractivity contribution in [2.45, 2.75) is 18.9 Å². The van der Waals surface area contributed by atoms with Crippen molar-refractivity contribution in [2.75, 3.05) is 32.3 Å². The van der Waals surface area contributed by atoms with E-state index in [1.54, 1.807) is 35.8 Å². The van der Waals surface area contributed by atoms with E-state index in [1.165, 1.54) is 4.90 Å². The molecule has 0 bridgehead atoms. The van der Waals surface area contributed by atoms with Gasteiger partial charge in [-0.3, -0.25) is 9.59 Å². The number of carbonyl (C=O) groups is 2. The van der Waals surface area contributed by atoms with Crippen LogP contribution in [-0.4, -0.2) is 54.2 Å². The summed E-state index contributed by atoms with van der Waals surface area (Å²) in [7, 11) is 6.50. The molecule has 1 heterocycles. The van der Waals surface area contributed by atoms with E-state index < -0.39 is 5.97 Å². The van der Waals surface area contributed by atoms with Gasteiger partial charge in [-0.15, -0.1) is 0 Å². The molecule has 1 fully saturated rings. The summed E-state index contributed by atoms with van der Waals surface area (Å²) >= 11 is 0. The summed E-state index contributed by atoms with van der Waals surface area (Å²) in [5, 5.41) is 9.32. The first kappa shape index (κ1) is 18.3. The van der Waals surface area contributed by atoms with Gasteiger partial charge in [-0.25, -0.2) is 0 Å². The van der Waals surface area contributed by atoms with Gasteiger partial charge in [0.2, 0.25) is 5.91 Å². The van der Waals surface area contributed by atoms with Crippen molar-refractivity contribution in [1.29, 1.82) is 0 Å². The molecule has 1 unspecified atom stereocenters. The summed E-state index contributed by atoms with van der Waals surface area (Å²) in [6.07, 6.45) is 1.51. The van der Waals surface area contributed by atoms with Gasteiger partial charge < -0.3 is 19.5 Å². The van der Waals surface area contributed by atoms with Crippen molar-refractivity contribution in [3.05, 3.63) is 23.3 Å². The fraction of sp³-hybridized carbons (Fsp3) is 0.529. The van der Waals surface area contributed by atoms with E-state index in [9.17, 15) is 14.7 Å². The number of hydrogen-bond donors (Lipinski definition) is 1. The molecule has 0 saturated carbocycles. The first-order chi connectivity index (χ1) is 12.0. The number of ether oxygens (including phenoxy) is 2. The molecule has 1 amide bonds. The molecule has 6 nitrogen and oxygen atoms in total. The second kappa shape index (κ2) is 7.78. The highest BCUT2D eigenvalue weighted by atomic mass is 33.1. The summed E-state index contributed by atoms with van der Waals surface area (Å²) < 4.78 is 10.7. The van der Waals surface area contributed by atoms with Crippen LogP contribution in [0.3, 0.4) is 0 Å². The maximum atomic E-state index is 12.9. The van der Waals surface area contributed by atoms with Gasteiger partial charge in [0.25, 0.3) is 0 Å². The fourth-order valence-electron chi connectivity index (χ4n) is 3.41. The third kappa shape index (κ3) is 3.69. The Morgan fingerprint density at radius 3 is 2.44 bits per heavy atom. The minimum Gasteiger partial charge on any atom is -0.493 e. The summed E-state index contributed by atoms with van der Waals surface area (Å²) in [4.78, 5) is 25.8. The third-order valence-electron chi connectivity index (χ3n) is 4.63. The van der Waals surface area contributed by atoms with E-state index in [1.807, 2.05) is 12.1 Å². The average Bonchev–Trinajstić information content (AvgIpc) is 3.27. The highest BCUT2D eigenvalue weighted by Crippen LogP contribution is 2.43. The van der Waals surface area contributed by atoms with E-state index in [2.05, 4.69) is 0 Å². The maximum Gasteiger partial charge on any atom is 0.323 e. The number of hydrogen-bond acceptors (Lipinski definition) is 6. The summed E-state index contributed by atoms with van der Waals surface area (Å²) in [6.45, 7) is -0.275. The predicted molar refractivity (Wildman–Crippen MR) is 98.4 cm³/mol. The number of rotatable bonds is 6. The third-order valence-corrected chi connectivity index (χ3v) is 7.19. The SMILES string of the molecule is COc1cc2c(cc1OC)C(N(CC(=O)O)C(=O)C1CSSC1)CC2. The first-order valence-electron chi connectivity index (χ1n) is 8.06. The highest BCUT2D eigenvalue weighted by Gasteiger charge is 2.37. The number of aliphatic carboxylic acids is 1. The smallest absolute Gasteiger partial charge is 0.323 e. The number of fused-ring (bicyclic) bond motifs is 1. The first-order valence-corrected chi connectivity index (χ1v) is 10.6. The largest absolute Gasteiger partial charge is 0.493 e. The molecule has 1 atom stereocenters. The van der Waals surface area contributed by atoms with Gasteiger partial charge in [0.1, 0.15) is 6.54 Å². The number of carboxylic acid groups (broad SMARTS) is 1. The Morgan fingerprint density at radius 1 is 1.20 bits per heavy atom. The molecular formula is C17H21NO5S2. The van der Waals surface area contributed by atoms with Crippen LogP contribution >= 0.6 is 21.6 Å². The van der Waals surface area contributed by atoms with Gasteiger partial charge in [-0.05, 0) is 36.1 Å². The van der Waals surface area contributed by atoms with Crippen LogP contribution < -0.4 is 9.47 Å². The Labute approximate surface area is 154 Å². The second-order valence-corrected chi connectivity index (χ2v) is 8.64. The fourth-order valence-corrected chi connectivity index (χ4v) is 6.16. The molecule has 0 aromatic heterocycles. The second-order valence-electron chi connectivity index (χ2n) is 6.09. The number of aryl methyl sites for hydroxylation is 1. The van der Waals surface area contributed by atoms with E-state index >= 15 is 0 Å².